The number of aryl methyl sites for hydroxylation is 2. The molecule has 0 saturated heterocycles. The average Bonchev–Trinajstić information content (AvgIpc) is 2.67. The number of anilines is 1. The van der Waals surface area contributed by atoms with Gasteiger partial charge in [0.25, 0.3) is 0 Å². The van der Waals surface area contributed by atoms with Crippen molar-refractivity contribution in [1.29, 1.82) is 0 Å². The number of sulfonamides is 1. The molecule has 0 spiro atoms. The molecule has 3 N–H and O–H groups in total. The zero-order valence-electron chi connectivity index (χ0n) is 16.2. The molecule has 9 nitrogen and oxygen atoms in total. The Morgan fingerprint density at radius 3 is 2.38 bits per heavy atom. The van der Waals surface area contributed by atoms with Gasteiger partial charge < -0.3 is 10.1 Å². The number of nitrogens with two attached hydrogens (primary N) is 1. The molecule has 3 aromatic rings. The van der Waals surface area contributed by atoms with Gasteiger partial charge in [-0.2, -0.15) is 4.98 Å². The summed E-state index contributed by atoms with van der Waals surface area (Å²) in [5.41, 5.74) is 2.37. The van der Waals surface area contributed by atoms with Gasteiger partial charge in [-0.3, -0.25) is 0 Å². The summed E-state index contributed by atoms with van der Waals surface area (Å²) in [6, 6.07) is 8.35. The summed E-state index contributed by atoms with van der Waals surface area (Å²) in [7, 11) is -3.57. The van der Waals surface area contributed by atoms with E-state index in [1.807, 2.05) is 6.92 Å². The Labute approximate surface area is 169 Å². The van der Waals surface area contributed by atoms with Gasteiger partial charge >= 0.3 is 0 Å². The molecule has 2 aromatic heterocycles. The molecule has 10 heteroatoms. The number of ether oxygens (including phenoxy) is 1. The molecule has 1 aromatic carbocycles. The Balaban J connectivity index is 1.66. The molecule has 152 valence electrons. The molecule has 3 rings (SSSR count). The van der Waals surface area contributed by atoms with E-state index in [0.29, 0.717) is 35.5 Å². The normalized spacial score (nSPS) is 11.3. The highest BCUT2D eigenvalue weighted by Gasteiger charge is 2.08. The van der Waals surface area contributed by atoms with Crippen molar-refractivity contribution in [2.75, 3.05) is 5.32 Å². The summed E-state index contributed by atoms with van der Waals surface area (Å²) >= 11 is 0. The van der Waals surface area contributed by atoms with Crippen LogP contribution in [0, 0.1) is 6.92 Å². The molecule has 0 amide bonds. The fourth-order valence-corrected chi connectivity index (χ4v) is 3.20. The maximum atomic E-state index is 11.2. The first-order valence-electron chi connectivity index (χ1n) is 8.97. The fourth-order valence-electron chi connectivity index (χ4n) is 2.55. The van der Waals surface area contributed by atoms with E-state index in [9.17, 15) is 8.42 Å². The number of nitrogens with one attached hydrogen (secondary N) is 1. The lowest BCUT2D eigenvalue weighted by molar-refractivity contribution is 0.458. The van der Waals surface area contributed by atoms with Crippen LogP contribution in [0.2, 0.25) is 0 Å². The molecule has 0 radical (unpaired) electrons. The quantitative estimate of drug-likeness (QED) is 0.574. The Morgan fingerprint density at radius 1 is 1.07 bits per heavy atom. The summed E-state index contributed by atoms with van der Waals surface area (Å²) in [4.78, 5) is 17.2. The standard InChI is InChI=1S/C19H22N6O3S/c1-3-14-9-21-19(22-10-14)23-11-16-8-18(25-13(2)24-16)28-17-6-4-15(5-7-17)12-29(20,26)27/h4-10H,3,11-12H2,1-2H3,(H2,20,26,27)(H,21,22,23). The lowest BCUT2D eigenvalue weighted by Gasteiger charge is -2.09. The van der Waals surface area contributed by atoms with Crippen molar-refractivity contribution in [2.24, 2.45) is 5.14 Å². The number of hydrogen-bond acceptors (Lipinski definition) is 8. The van der Waals surface area contributed by atoms with Crippen LogP contribution in [0.4, 0.5) is 5.95 Å². The van der Waals surface area contributed by atoms with Crippen LogP contribution >= 0.6 is 0 Å². The van der Waals surface area contributed by atoms with Gasteiger partial charge in [0.15, 0.2) is 0 Å². The van der Waals surface area contributed by atoms with Crippen molar-refractivity contribution in [3.63, 3.8) is 0 Å². The highest BCUT2D eigenvalue weighted by molar-refractivity contribution is 7.88. The Kier molecular flexibility index (Phi) is 6.35. The van der Waals surface area contributed by atoms with Crippen LogP contribution in [-0.4, -0.2) is 28.4 Å². The molecule has 0 saturated carbocycles. The van der Waals surface area contributed by atoms with Crippen molar-refractivity contribution in [3.05, 3.63) is 65.4 Å². The van der Waals surface area contributed by atoms with Crippen LogP contribution in [0.15, 0.2) is 42.7 Å². The van der Waals surface area contributed by atoms with Crippen LogP contribution in [0.5, 0.6) is 11.6 Å². The Bertz CT molecular complexity index is 1070. The summed E-state index contributed by atoms with van der Waals surface area (Å²) in [5.74, 6) is 1.77. The maximum Gasteiger partial charge on any atom is 0.222 e. The second-order valence-electron chi connectivity index (χ2n) is 6.42. The first-order valence-corrected chi connectivity index (χ1v) is 10.7. The van der Waals surface area contributed by atoms with Gasteiger partial charge in [-0.15, -0.1) is 0 Å². The van der Waals surface area contributed by atoms with Gasteiger partial charge in [-0.05, 0) is 36.6 Å². The van der Waals surface area contributed by atoms with Crippen molar-refractivity contribution in [1.82, 2.24) is 19.9 Å². The number of hydrogen-bond donors (Lipinski definition) is 2. The SMILES string of the molecule is CCc1cnc(NCc2cc(Oc3ccc(CS(N)(=O)=O)cc3)nc(C)n2)nc1. The number of aromatic nitrogens is 4. The largest absolute Gasteiger partial charge is 0.439 e. The average molecular weight is 414 g/mol. The van der Waals surface area contributed by atoms with Crippen molar-refractivity contribution in [2.45, 2.75) is 32.6 Å². The Hall–Kier alpha value is -3.11. The molecular formula is C19H22N6O3S. The summed E-state index contributed by atoms with van der Waals surface area (Å²) in [6.07, 6.45) is 4.46. The van der Waals surface area contributed by atoms with Gasteiger partial charge in [0, 0.05) is 18.5 Å². The van der Waals surface area contributed by atoms with E-state index in [-0.39, 0.29) is 5.75 Å². The van der Waals surface area contributed by atoms with E-state index < -0.39 is 10.0 Å². The summed E-state index contributed by atoms with van der Waals surface area (Å²) < 4.78 is 28.1. The maximum absolute atomic E-state index is 11.2. The number of benzene rings is 1. The first kappa shape index (κ1) is 20.6. The van der Waals surface area contributed by atoms with Gasteiger partial charge in [0.2, 0.25) is 21.9 Å². The lowest BCUT2D eigenvalue weighted by atomic mass is 10.2. The van der Waals surface area contributed by atoms with E-state index in [1.165, 1.54) is 0 Å². The minimum atomic E-state index is -3.57. The van der Waals surface area contributed by atoms with E-state index >= 15 is 0 Å². The second kappa shape index (κ2) is 8.93. The van der Waals surface area contributed by atoms with Gasteiger partial charge in [0.1, 0.15) is 11.6 Å². The van der Waals surface area contributed by atoms with E-state index in [2.05, 4.69) is 25.3 Å². The minimum absolute atomic E-state index is 0.225. The molecule has 29 heavy (non-hydrogen) atoms. The number of nitrogens with zero attached hydrogens (tertiary/aromatic N) is 4. The minimum Gasteiger partial charge on any atom is -0.439 e. The zero-order valence-corrected chi connectivity index (χ0v) is 17.0. The van der Waals surface area contributed by atoms with Gasteiger partial charge in [-0.25, -0.2) is 28.5 Å². The van der Waals surface area contributed by atoms with Crippen LogP contribution in [-0.2, 0) is 28.7 Å². The monoisotopic (exact) mass is 414 g/mol. The molecule has 0 bridgehead atoms. The number of rotatable bonds is 8. The van der Waals surface area contributed by atoms with Crippen LogP contribution in [0.25, 0.3) is 0 Å². The molecule has 0 aliphatic heterocycles. The van der Waals surface area contributed by atoms with Crippen molar-refractivity contribution in [3.8, 4) is 11.6 Å². The highest BCUT2D eigenvalue weighted by atomic mass is 32.2. The fraction of sp³-hybridized carbons (Fsp3) is 0.263. The first-order chi connectivity index (χ1) is 13.8. The predicted molar refractivity (Wildman–Crippen MR) is 109 cm³/mol. The number of primary sulfonamides is 1. The van der Waals surface area contributed by atoms with Crippen LogP contribution in [0.3, 0.4) is 0 Å². The zero-order chi connectivity index (χ0) is 20.9. The van der Waals surface area contributed by atoms with Crippen LogP contribution in [0.1, 0.15) is 29.6 Å². The molecular weight excluding hydrogens is 392 g/mol. The molecule has 0 unspecified atom stereocenters. The van der Waals surface area contributed by atoms with E-state index in [0.717, 1.165) is 17.7 Å². The third kappa shape index (κ3) is 6.47. The molecule has 0 aliphatic carbocycles. The lowest BCUT2D eigenvalue weighted by Crippen LogP contribution is -2.14. The van der Waals surface area contributed by atoms with Gasteiger partial charge in [0.05, 0.1) is 18.0 Å². The molecule has 0 atom stereocenters. The molecule has 0 fully saturated rings. The smallest absolute Gasteiger partial charge is 0.222 e. The third-order valence-corrected chi connectivity index (χ3v) is 4.66. The second-order valence-corrected chi connectivity index (χ2v) is 8.03. The van der Waals surface area contributed by atoms with Gasteiger partial charge in [-0.1, -0.05) is 19.1 Å². The predicted octanol–water partition coefficient (Wildman–Crippen LogP) is 2.33. The van der Waals surface area contributed by atoms with Crippen molar-refractivity contribution >= 4 is 16.0 Å². The Morgan fingerprint density at radius 2 is 1.76 bits per heavy atom. The highest BCUT2D eigenvalue weighted by Crippen LogP contribution is 2.21. The van der Waals surface area contributed by atoms with Crippen molar-refractivity contribution < 1.29 is 13.2 Å². The van der Waals surface area contributed by atoms with E-state index in [1.54, 1.807) is 49.6 Å². The molecule has 2 heterocycles. The third-order valence-electron chi connectivity index (χ3n) is 3.92. The molecule has 0 aliphatic rings. The summed E-state index contributed by atoms with van der Waals surface area (Å²) in [5, 5.41) is 8.18. The van der Waals surface area contributed by atoms with E-state index in [4.69, 9.17) is 9.88 Å². The summed E-state index contributed by atoms with van der Waals surface area (Å²) in [6.45, 7) is 4.24. The topological polar surface area (TPSA) is 133 Å². The van der Waals surface area contributed by atoms with Crippen LogP contribution < -0.4 is 15.2 Å².